The zero-order valence-corrected chi connectivity index (χ0v) is 13.1. The summed E-state index contributed by atoms with van der Waals surface area (Å²) in [5.74, 6) is -2.09. The average Bonchev–Trinajstić information content (AvgIpc) is 2.94. The van der Waals surface area contributed by atoms with Crippen LogP contribution in [0.2, 0.25) is 0 Å². The van der Waals surface area contributed by atoms with E-state index in [0.29, 0.717) is 12.0 Å². The van der Waals surface area contributed by atoms with Gasteiger partial charge in [0.2, 0.25) is 11.8 Å². The maximum absolute atomic E-state index is 14.4. The summed E-state index contributed by atoms with van der Waals surface area (Å²) in [6.45, 7) is 2.05. The fourth-order valence-corrected chi connectivity index (χ4v) is 2.90. The van der Waals surface area contributed by atoms with Crippen LogP contribution in [0, 0.1) is 23.0 Å². The fraction of sp³-hybridized carbons (Fsp3) is 0.294. The molecule has 3 rings (SSSR count). The summed E-state index contributed by atoms with van der Waals surface area (Å²) in [6.07, 6.45) is 2.54. The van der Waals surface area contributed by atoms with Gasteiger partial charge in [-0.2, -0.15) is 5.26 Å². The van der Waals surface area contributed by atoms with E-state index in [1.807, 2.05) is 6.07 Å². The number of rotatable bonds is 4. The van der Waals surface area contributed by atoms with Crippen LogP contribution in [0.3, 0.4) is 0 Å². The number of nitrogens with one attached hydrogen (secondary N) is 1. The van der Waals surface area contributed by atoms with Gasteiger partial charge in [-0.1, -0.05) is 19.4 Å². The number of nitrogens with zero attached hydrogens (tertiary/aromatic N) is 2. The molecule has 5 nitrogen and oxygen atoms in total. The van der Waals surface area contributed by atoms with Crippen molar-refractivity contribution < 1.29 is 13.5 Å². The van der Waals surface area contributed by atoms with E-state index in [0.717, 1.165) is 30.7 Å². The predicted octanol–water partition coefficient (Wildman–Crippen LogP) is 3.25. The molecule has 0 saturated carbocycles. The molecule has 1 aliphatic rings. The number of hydrogen-bond donors (Lipinski definition) is 2. The lowest BCUT2D eigenvalue weighted by molar-refractivity contribution is 0.377. The molecule has 0 aliphatic carbocycles. The minimum atomic E-state index is -0.773. The van der Waals surface area contributed by atoms with Crippen LogP contribution in [-0.2, 0) is 6.42 Å². The summed E-state index contributed by atoms with van der Waals surface area (Å²) >= 11 is 0. The van der Waals surface area contributed by atoms with Gasteiger partial charge in [-0.05, 0) is 18.9 Å². The van der Waals surface area contributed by atoms with E-state index in [-0.39, 0.29) is 22.9 Å². The molecular formula is C17H16F2N4O. The first-order valence-corrected chi connectivity index (χ1v) is 7.66. The standard InChI is InChI=1S/C17H16F2N4O/c1-2-3-4-13-15-14(10-6-5-9(18)7-12(10)19)11(8-20)16(21)24-17(15)23-22-13/h5-7,14H,2-4,21H2,1H3,(H,22,23). The monoisotopic (exact) mass is 330 g/mol. The van der Waals surface area contributed by atoms with E-state index in [1.54, 1.807) is 0 Å². The molecule has 1 aliphatic heterocycles. The number of H-pyrrole nitrogens is 1. The third-order valence-electron chi connectivity index (χ3n) is 4.07. The largest absolute Gasteiger partial charge is 0.420 e. The Morgan fingerprint density at radius 3 is 2.88 bits per heavy atom. The van der Waals surface area contributed by atoms with Crippen molar-refractivity contribution in [2.45, 2.75) is 32.1 Å². The molecular weight excluding hydrogens is 314 g/mol. The number of benzene rings is 1. The number of allylic oxidation sites excluding steroid dienone is 1. The fourth-order valence-electron chi connectivity index (χ4n) is 2.90. The Balaban J connectivity index is 2.19. The zero-order valence-electron chi connectivity index (χ0n) is 13.1. The van der Waals surface area contributed by atoms with Crippen molar-refractivity contribution in [3.8, 4) is 11.9 Å². The van der Waals surface area contributed by atoms with E-state index < -0.39 is 17.6 Å². The Hall–Kier alpha value is -2.88. The number of hydrogen-bond acceptors (Lipinski definition) is 4. The number of nitriles is 1. The Morgan fingerprint density at radius 2 is 2.21 bits per heavy atom. The Bertz CT molecular complexity index is 851. The van der Waals surface area contributed by atoms with E-state index in [2.05, 4.69) is 17.1 Å². The van der Waals surface area contributed by atoms with Crippen molar-refractivity contribution >= 4 is 0 Å². The van der Waals surface area contributed by atoms with Crippen LogP contribution in [0.4, 0.5) is 8.78 Å². The zero-order chi connectivity index (χ0) is 17.3. The lowest BCUT2D eigenvalue weighted by Gasteiger charge is -2.24. The molecule has 0 bridgehead atoms. The van der Waals surface area contributed by atoms with Gasteiger partial charge in [0.1, 0.15) is 23.3 Å². The maximum atomic E-state index is 14.4. The van der Waals surface area contributed by atoms with E-state index in [4.69, 9.17) is 10.5 Å². The van der Waals surface area contributed by atoms with Gasteiger partial charge < -0.3 is 10.5 Å². The lowest BCUT2D eigenvalue weighted by atomic mass is 9.83. The molecule has 0 spiro atoms. The summed E-state index contributed by atoms with van der Waals surface area (Å²) in [6, 6.07) is 5.26. The normalized spacial score (nSPS) is 16.5. The first-order chi connectivity index (χ1) is 11.6. The van der Waals surface area contributed by atoms with Crippen LogP contribution in [0.5, 0.6) is 5.88 Å². The number of aryl methyl sites for hydroxylation is 1. The average molecular weight is 330 g/mol. The third kappa shape index (κ3) is 2.60. The number of nitrogens with two attached hydrogens (primary N) is 1. The van der Waals surface area contributed by atoms with Crippen LogP contribution in [0.1, 0.15) is 42.5 Å². The summed E-state index contributed by atoms with van der Waals surface area (Å²) in [4.78, 5) is 0. The van der Waals surface area contributed by atoms with Gasteiger partial charge in [0.05, 0.1) is 11.5 Å². The summed E-state index contributed by atoms with van der Waals surface area (Å²) < 4.78 is 33.0. The van der Waals surface area contributed by atoms with Crippen molar-refractivity contribution in [2.75, 3.05) is 0 Å². The van der Waals surface area contributed by atoms with Crippen LogP contribution in [-0.4, -0.2) is 10.2 Å². The maximum Gasteiger partial charge on any atom is 0.244 e. The number of halogens is 2. The highest BCUT2D eigenvalue weighted by atomic mass is 19.1. The molecule has 0 fully saturated rings. The molecule has 2 aromatic rings. The van der Waals surface area contributed by atoms with E-state index in [1.165, 1.54) is 6.07 Å². The molecule has 0 amide bonds. The van der Waals surface area contributed by atoms with Crippen molar-refractivity contribution in [3.63, 3.8) is 0 Å². The first-order valence-electron chi connectivity index (χ1n) is 7.66. The number of ether oxygens (including phenoxy) is 1. The van der Waals surface area contributed by atoms with Crippen molar-refractivity contribution in [1.82, 2.24) is 10.2 Å². The molecule has 124 valence electrons. The van der Waals surface area contributed by atoms with Gasteiger partial charge in [-0.15, -0.1) is 5.10 Å². The van der Waals surface area contributed by atoms with E-state index >= 15 is 0 Å². The first kappa shape index (κ1) is 16.0. The minimum absolute atomic E-state index is 0.0900. The van der Waals surface area contributed by atoms with Crippen LogP contribution in [0.25, 0.3) is 0 Å². The summed E-state index contributed by atoms with van der Waals surface area (Å²) in [5.41, 5.74) is 7.41. The van der Waals surface area contributed by atoms with Gasteiger partial charge in [0.25, 0.3) is 0 Å². The van der Waals surface area contributed by atoms with Gasteiger partial charge in [-0.3, -0.25) is 5.10 Å². The second-order valence-electron chi connectivity index (χ2n) is 5.62. The smallest absolute Gasteiger partial charge is 0.244 e. The topological polar surface area (TPSA) is 87.7 Å². The molecule has 2 heterocycles. The molecule has 1 unspecified atom stereocenters. The van der Waals surface area contributed by atoms with Gasteiger partial charge in [0.15, 0.2) is 0 Å². The third-order valence-corrected chi connectivity index (χ3v) is 4.07. The minimum Gasteiger partial charge on any atom is -0.420 e. The Morgan fingerprint density at radius 1 is 1.42 bits per heavy atom. The number of unbranched alkanes of at least 4 members (excludes halogenated alkanes) is 1. The quantitative estimate of drug-likeness (QED) is 0.901. The van der Waals surface area contributed by atoms with Crippen molar-refractivity contribution in [1.29, 1.82) is 5.26 Å². The summed E-state index contributed by atoms with van der Waals surface area (Å²) in [7, 11) is 0. The Labute approximate surface area is 137 Å². The van der Waals surface area contributed by atoms with E-state index in [9.17, 15) is 14.0 Å². The molecule has 1 aromatic heterocycles. The predicted molar refractivity (Wildman–Crippen MR) is 82.9 cm³/mol. The van der Waals surface area contributed by atoms with Crippen LogP contribution < -0.4 is 10.5 Å². The second kappa shape index (κ2) is 6.32. The number of fused-ring (bicyclic) bond motifs is 1. The molecule has 3 N–H and O–H groups in total. The lowest BCUT2D eigenvalue weighted by Crippen LogP contribution is -2.22. The molecule has 24 heavy (non-hydrogen) atoms. The Kier molecular flexibility index (Phi) is 4.21. The molecule has 7 heteroatoms. The van der Waals surface area contributed by atoms with Crippen LogP contribution in [0.15, 0.2) is 29.7 Å². The van der Waals surface area contributed by atoms with Gasteiger partial charge in [0, 0.05) is 17.3 Å². The molecule has 1 atom stereocenters. The highest BCUT2D eigenvalue weighted by molar-refractivity contribution is 5.55. The number of aromatic nitrogens is 2. The molecule has 1 aromatic carbocycles. The van der Waals surface area contributed by atoms with Crippen molar-refractivity contribution in [2.24, 2.45) is 5.73 Å². The highest BCUT2D eigenvalue weighted by Crippen LogP contribution is 2.43. The van der Waals surface area contributed by atoms with Gasteiger partial charge >= 0.3 is 0 Å². The van der Waals surface area contributed by atoms with Crippen LogP contribution >= 0.6 is 0 Å². The highest BCUT2D eigenvalue weighted by Gasteiger charge is 2.36. The van der Waals surface area contributed by atoms with Gasteiger partial charge in [-0.25, -0.2) is 8.78 Å². The number of aromatic amines is 1. The SMILES string of the molecule is CCCCc1[nH]nc2c1C(c1ccc(F)cc1F)C(C#N)=C(N)O2. The molecule has 0 saturated heterocycles. The van der Waals surface area contributed by atoms with Crippen molar-refractivity contribution in [3.05, 3.63) is 58.1 Å². The summed E-state index contributed by atoms with van der Waals surface area (Å²) in [5, 5.41) is 16.4. The molecule has 0 radical (unpaired) electrons. The second-order valence-corrected chi connectivity index (χ2v) is 5.62.